The summed E-state index contributed by atoms with van der Waals surface area (Å²) >= 11 is 0. The third-order valence-electron chi connectivity index (χ3n) is 4.02. The summed E-state index contributed by atoms with van der Waals surface area (Å²) in [6.45, 7) is 3.87. The highest BCUT2D eigenvalue weighted by Gasteiger charge is 2.33. The highest BCUT2D eigenvalue weighted by atomic mass is 35.5. The van der Waals surface area contributed by atoms with E-state index in [1.165, 1.54) is 7.11 Å². The van der Waals surface area contributed by atoms with Gasteiger partial charge in [-0.2, -0.15) is 0 Å². The van der Waals surface area contributed by atoms with Crippen molar-refractivity contribution >= 4 is 29.9 Å². The van der Waals surface area contributed by atoms with Crippen molar-refractivity contribution in [3.63, 3.8) is 0 Å². The Kier molecular flexibility index (Phi) is 9.17. The zero-order valence-corrected chi connectivity index (χ0v) is 15.1. The van der Waals surface area contributed by atoms with Gasteiger partial charge in [-0.15, -0.1) is 12.4 Å². The van der Waals surface area contributed by atoms with Gasteiger partial charge >= 0.3 is 0 Å². The third-order valence-corrected chi connectivity index (χ3v) is 4.02. The van der Waals surface area contributed by atoms with Crippen LogP contribution in [0.5, 0.6) is 11.5 Å². The molecule has 0 radical (unpaired) electrons. The second kappa shape index (κ2) is 10.00. The maximum absolute atomic E-state index is 12.5. The van der Waals surface area contributed by atoms with Crippen molar-refractivity contribution in [3.8, 4) is 11.5 Å². The van der Waals surface area contributed by atoms with Crippen molar-refractivity contribution in [1.29, 1.82) is 0 Å². The minimum Gasteiger partial charge on any atom is -0.493 e. The summed E-state index contributed by atoms with van der Waals surface area (Å²) in [7, 11) is 1.48. The van der Waals surface area contributed by atoms with E-state index in [0.29, 0.717) is 30.0 Å². The van der Waals surface area contributed by atoms with Crippen molar-refractivity contribution in [1.82, 2.24) is 0 Å². The minimum absolute atomic E-state index is 0. The van der Waals surface area contributed by atoms with E-state index >= 15 is 0 Å². The average molecular weight is 360 g/mol. The molecule has 0 spiro atoms. The van der Waals surface area contributed by atoms with Crippen LogP contribution < -0.4 is 26.3 Å². The Bertz CT molecular complexity index is 554. The summed E-state index contributed by atoms with van der Waals surface area (Å²) in [5, 5.41) is 2.84. The van der Waals surface area contributed by atoms with Crippen LogP contribution in [0.2, 0.25) is 0 Å². The number of hydrogen-bond acceptors (Lipinski definition) is 5. The Morgan fingerprint density at radius 1 is 1.21 bits per heavy atom. The number of halogens is 1. The fourth-order valence-corrected chi connectivity index (χ4v) is 2.23. The molecule has 0 atom stereocenters. The Hall–Kier alpha value is -1.99. The number of nitrogens with one attached hydrogen (secondary N) is 1. The number of carbonyl (C=O) groups is 2. The molecule has 5 N–H and O–H groups in total. The van der Waals surface area contributed by atoms with Crippen molar-refractivity contribution in [2.45, 2.75) is 26.7 Å². The Morgan fingerprint density at radius 3 is 2.29 bits per heavy atom. The fraction of sp³-hybridized carbons (Fsp3) is 0.500. The molecule has 1 rings (SSSR count). The van der Waals surface area contributed by atoms with Gasteiger partial charge in [0.1, 0.15) is 0 Å². The zero-order chi connectivity index (χ0) is 17.5. The SMILES string of the molecule is CCC(CC)(CN)C(=O)Nc1ccc(OC)c(OCC(N)=O)c1.Cl. The number of primary amides is 1. The molecule has 0 aliphatic heterocycles. The van der Waals surface area contributed by atoms with Crippen LogP contribution in [0.25, 0.3) is 0 Å². The normalized spacial score (nSPS) is 10.5. The van der Waals surface area contributed by atoms with Crippen molar-refractivity contribution in [2.24, 2.45) is 16.9 Å². The summed E-state index contributed by atoms with van der Waals surface area (Å²) in [6, 6.07) is 4.93. The van der Waals surface area contributed by atoms with Crippen LogP contribution in [0.4, 0.5) is 5.69 Å². The number of hydrogen-bond donors (Lipinski definition) is 3. The van der Waals surface area contributed by atoms with Crippen LogP contribution in [0.1, 0.15) is 26.7 Å². The van der Waals surface area contributed by atoms with Gasteiger partial charge in [0, 0.05) is 18.3 Å². The van der Waals surface area contributed by atoms with Gasteiger partial charge in [0.2, 0.25) is 5.91 Å². The lowest BCUT2D eigenvalue weighted by molar-refractivity contribution is -0.125. The smallest absolute Gasteiger partial charge is 0.255 e. The van der Waals surface area contributed by atoms with E-state index < -0.39 is 11.3 Å². The molecule has 0 fully saturated rings. The molecule has 2 amide bonds. The molecule has 0 aliphatic rings. The summed E-state index contributed by atoms with van der Waals surface area (Å²) in [5.74, 6) is 0.0346. The van der Waals surface area contributed by atoms with Crippen molar-refractivity contribution in [3.05, 3.63) is 18.2 Å². The average Bonchev–Trinajstić information content (AvgIpc) is 2.55. The molecule has 0 heterocycles. The van der Waals surface area contributed by atoms with Crippen LogP contribution in [-0.4, -0.2) is 32.1 Å². The number of anilines is 1. The third kappa shape index (κ3) is 5.28. The van der Waals surface area contributed by atoms with Gasteiger partial charge < -0.3 is 26.3 Å². The summed E-state index contributed by atoms with van der Waals surface area (Å²) in [4.78, 5) is 23.4. The zero-order valence-electron chi connectivity index (χ0n) is 14.3. The number of rotatable bonds is 9. The van der Waals surface area contributed by atoms with E-state index in [-0.39, 0.29) is 31.5 Å². The molecular weight excluding hydrogens is 334 g/mol. The molecule has 0 aromatic heterocycles. The highest BCUT2D eigenvalue weighted by molar-refractivity contribution is 5.95. The molecule has 1 aromatic rings. The van der Waals surface area contributed by atoms with E-state index in [1.807, 2.05) is 13.8 Å². The quantitative estimate of drug-likeness (QED) is 0.620. The van der Waals surface area contributed by atoms with Gasteiger partial charge in [-0.25, -0.2) is 0 Å². The monoisotopic (exact) mass is 359 g/mol. The summed E-state index contributed by atoms with van der Waals surface area (Å²) in [5.41, 5.74) is 10.8. The molecule has 24 heavy (non-hydrogen) atoms. The highest BCUT2D eigenvalue weighted by Crippen LogP contribution is 2.32. The molecule has 1 aromatic carbocycles. The second-order valence-electron chi connectivity index (χ2n) is 5.27. The largest absolute Gasteiger partial charge is 0.493 e. The van der Waals surface area contributed by atoms with Gasteiger partial charge in [0.15, 0.2) is 18.1 Å². The fourth-order valence-electron chi connectivity index (χ4n) is 2.23. The number of nitrogens with two attached hydrogens (primary N) is 2. The van der Waals surface area contributed by atoms with Crippen molar-refractivity contribution < 1.29 is 19.1 Å². The van der Waals surface area contributed by atoms with E-state index in [4.69, 9.17) is 20.9 Å². The summed E-state index contributed by atoms with van der Waals surface area (Å²) in [6.07, 6.45) is 1.29. The molecule has 7 nitrogen and oxygen atoms in total. The van der Waals surface area contributed by atoms with E-state index in [2.05, 4.69) is 5.32 Å². The molecule has 0 bridgehead atoms. The van der Waals surface area contributed by atoms with Crippen LogP contribution >= 0.6 is 12.4 Å². The first-order valence-corrected chi connectivity index (χ1v) is 7.53. The van der Waals surface area contributed by atoms with Gasteiger partial charge in [0.05, 0.1) is 12.5 Å². The molecule has 0 saturated heterocycles. The Balaban J connectivity index is 0.00000529. The van der Waals surface area contributed by atoms with Crippen LogP contribution in [-0.2, 0) is 9.59 Å². The maximum Gasteiger partial charge on any atom is 0.255 e. The molecule has 8 heteroatoms. The lowest BCUT2D eigenvalue weighted by atomic mass is 9.81. The Morgan fingerprint density at radius 2 is 1.83 bits per heavy atom. The predicted octanol–water partition coefficient (Wildman–Crippen LogP) is 1.68. The lowest BCUT2D eigenvalue weighted by Crippen LogP contribution is -2.41. The predicted molar refractivity (Wildman–Crippen MR) is 95.6 cm³/mol. The standard InChI is InChI=1S/C16H25N3O4.ClH/c1-4-16(5-2,10-17)15(21)19-11-6-7-12(22-3)13(8-11)23-9-14(18)20;/h6-8H,4-5,9-10,17H2,1-3H3,(H2,18,20)(H,19,21);1H. The molecule has 0 unspecified atom stereocenters. The van der Waals surface area contributed by atoms with E-state index in [9.17, 15) is 9.59 Å². The topological polar surface area (TPSA) is 117 Å². The van der Waals surface area contributed by atoms with Gasteiger partial charge in [-0.1, -0.05) is 13.8 Å². The number of methoxy groups -OCH3 is 1. The number of carbonyl (C=O) groups excluding carboxylic acids is 2. The van der Waals surface area contributed by atoms with Gasteiger partial charge in [-0.05, 0) is 25.0 Å². The first-order chi connectivity index (χ1) is 10.9. The Labute approximate surface area is 148 Å². The number of ether oxygens (including phenoxy) is 2. The van der Waals surface area contributed by atoms with Crippen molar-refractivity contribution in [2.75, 3.05) is 25.6 Å². The number of amides is 2. The number of benzene rings is 1. The van der Waals surface area contributed by atoms with Crippen LogP contribution in [0.3, 0.4) is 0 Å². The van der Waals surface area contributed by atoms with Gasteiger partial charge in [-0.3, -0.25) is 9.59 Å². The lowest BCUT2D eigenvalue weighted by Gasteiger charge is -2.28. The summed E-state index contributed by atoms with van der Waals surface area (Å²) < 4.78 is 10.5. The second-order valence-corrected chi connectivity index (χ2v) is 5.27. The molecule has 0 saturated carbocycles. The molecule has 0 aliphatic carbocycles. The first kappa shape index (κ1) is 22.0. The van der Waals surface area contributed by atoms with Crippen LogP contribution in [0.15, 0.2) is 18.2 Å². The maximum atomic E-state index is 12.5. The minimum atomic E-state index is -0.603. The van der Waals surface area contributed by atoms with E-state index in [0.717, 1.165) is 0 Å². The molecular formula is C16H26ClN3O4. The van der Waals surface area contributed by atoms with E-state index in [1.54, 1.807) is 18.2 Å². The first-order valence-electron chi connectivity index (χ1n) is 7.53. The van der Waals surface area contributed by atoms with Crippen LogP contribution in [0, 0.1) is 5.41 Å². The molecule has 136 valence electrons. The van der Waals surface area contributed by atoms with Gasteiger partial charge in [0.25, 0.3) is 5.91 Å².